The van der Waals surface area contributed by atoms with Gasteiger partial charge in [0.15, 0.2) is 0 Å². The summed E-state index contributed by atoms with van der Waals surface area (Å²) in [4.78, 5) is 34.5. The Bertz CT molecular complexity index is 639. The van der Waals surface area contributed by atoms with Crippen molar-refractivity contribution < 1.29 is 29.7 Å². The first-order valence-electron chi connectivity index (χ1n) is 13.5. The zero-order valence-corrected chi connectivity index (χ0v) is 21.0. The second-order valence-electron chi connectivity index (χ2n) is 11.5. The molecule has 0 saturated heterocycles. The van der Waals surface area contributed by atoms with Crippen LogP contribution in [0.4, 0.5) is 0 Å². The molecule has 3 aliphatic carbocycles. The third kappa shape index (κ3) is 8.18. The molecule has 3 fully saturated rings. The van der Waals surface area contributed by atoms with E-state index >= 15 is 0 Å². The lowest BCUT2D eigenvalue weighted by atomic mass is 9.74. The highest BCUT2D eigenvalue weighted by atomic mass is 17.1. The van der Waals surface area contributed by atoms with Gasteiger partial charge in [0.05, 0.1) is 25.0 Å². The van der Waals surface area contributed by atoms with Gasteiger partial charge in [0, 0.05) is 13.1 Å². The molecule has 1 amide bonds. The summed E-state index contributed by atoms with van der Waals surface area (Å²) >= 11 is 0. The van der Waals surface area contributed by atoms with E-state index in [1.165, 1.54) is 6.42 Å². The maximum absolute atomic E-state index is 12.7. The summed E-state index contributed by atoms with van der Waals surface area (Å²) in [6.07, 6.45) is 9.96. The van der Waals surface area contributed by atoms with Crippen LogP contribution >= 0.6 is 0 Å². The van der Waals surface area contributed by atoms with Gasteiger partial charge in [-0.15, -0.1) is 0 Å². The molecule has 4 N–H and O–H groups in total. The lowest BCUT2D eigenvalue weighted by Crippen LogP contribution is -2.43. The lowest BCUT2D eigenvalue weighted by Gasteiger charge is -2.34. The highest BCUT2D eigenvalue weighted by molar-refractivity contribution is 5.84. The Morgan fingerprint density at radius 1 is 0.794 bits per heavy atom. The molecule has 34 heavy (non-hydrogen) atoms. The fraction of sp³-hybridized carbons (Fsp3) is 0.923. The molecule has 8 heteroatoms. The first-order valence-corrected chi connectivity index (χ1v) is 13.5. The first-order chi connectivity index (χ1) is 16.4. The third-order valence-electron chi connectivity index (χ3n) is 8.76. The van der Waals surface area contributed by atoms with Crippen LogP contribution in [0.15, 0.2) is 0 Å². The van der Waals surface area contributed by atoms with Crippen LogP contribution in [-0.2, 0) is 19.3 Å². The molecule has 196 valence electrons. The highest BCUT2D eigenvalue weighted by Crippen LogP contribution is 2.35. The standard InChI is InChI=1S/C26H46N2O6/c1-17-3-9-21(22(11-17)16-34-32)15-33-28-14-20-7-5-19(6-8-20)13-27-25(29)23-10-4-18(2)12-24(23)26(30)31/h17-24,28,32H,3-16H2,1-2H3,(H,27,29)(H,30,31). The number of hydroxylamine groups is 1. The van der Waals surface area contributed by atoms with Crippen molar-refractivity contribution in [2.24, 2.45) is 47.3 Å². The van der Waals surface area contributed by atoms with E-state index in [-0.39, 0.29) is 11.8 Å². The Morgan fingerprint density at radius 3 is 2.12 bits per heavy atom. The maximum atomic E-state index is 12.7. The number of rotatable bonds is 11. The minimum atomic E-state index is -0.836. The van der Waals surface area contributed by atoms with E-state index in [4.69, 9.17) is 10.1 Å². The van der Waals surface area contributed by atoms with Gasteiger partial charge in [-0.1, -0.05) is 20.3 Å². The number of carbonyl (C=O) groups excluding carboxylic acids is 1. The van der Waals surface area contributed by atoms with Gasteiger partial charge < -0.3 is 15.3 Å². The molecule has 0 bridgehead atoms. The van der Waals surface area contributed by atoms with Crippen molar-refractivity contribution in [2.75, 3.05) is 26.3 Å². The summed E-state index contributed by atoms with van der Waals surface area (Å²) in [6, 6.07) is 0. The average molecular weight is 483 g/mol. The Morgan fingerprint density at radius 2 is 1.44 bits per heavy atom. The second-order valence-corrected chi connectivity index (χ2v) is 11.5. The predicted molar refractivity (Wildman–Crippen MR) is 129 cm³/mol. The SMILES string of the molecule is CC1CCC(CONCC2CCC(CNC(=O)C3CCC(C)CC3C(=O)O)CC2)C(COO)C1. The molecule has 0 radical (unpaired) electrons. The molecule has 0 aliphatic heterocycles. The third-order valence-corrected chi connectivity index (χ3v) is 8.76. The Balaban J connectivity index is 1.29. The zero-order chi connectivity index (χ0) is 24.5. The molecule has 0 spiro atoms. The Labute approximate surface area is 204 Å². The number of hydrogen-bond acceptors (Lipinski definition) is 6. The summed E-state index contributed by atoms with van der Waals surface area (Å²) in [7, 11) is 0. The number of carboxylic acid groups (broad SMARTS) is 1. The van der Waals surface area contributed by atoms with Gasteiger partial charge >= 0.3 is 5.97 Å². The van der Waals surface area contributed by atoms with Crippen LogP contribution in [-0.4, -0.2) is 48.5 Å². The predicted octanol–water partition coefficient (Wildman–Crippen LogP) is 4.11. The van der Waals surface area contributed by atoms with Gasteiger partial charge in [-0.2, -0.15) is 0 Å². The van der Waals surface area contributed by atoms with Crippen molar-refractivity contribution in [3.63, 3.8) is 0 Å². The molecule has 3 aliphatic rings. The van der Waals surface area contributed by atoms with E-state index in [1.807, 2.05) is 0 Å². The largest absolute Gasteiger partial charge is 0.481 e. The fourth-order valence-electron chi connectivity index (χ4n) is 6.41. The summed E-state index contributed by atoms with van der Waals surface area (Å²) in [5, 5.41) is 21.5. The normalized spacial score (nSPS) is 36.7. The van der Waals surface area contributed by atoms with Gasteiger partial charge in [0.25, 0.3) is 0 Å². The van der Waals surface area contributed by atoms with Crippen LogP contribution in [0.3, 0.4) is 0 Å². The topological polar surface area (TPSA) is 117 Å². The zero-order valence-electron chi connectivity index (χ0n) is 21.0. The lowest BCUT2D eigenvalue weighted by molar-refractivity contribution is -0.257. The summed E-state index contributed by atoms with van der Waals surface area (Å²) in [6.45, 7) is 6.86. The van der Waals surface area contributed by atoms with Crippen LogP contribution in [0.25, 0.3) is 0 Å². The molecule has 0 heterocycles. The monoisotopic (exact) mass is 482 g/mol. The Hall–Kier alpha value is -1.22. The minimum absolute atomic E-state index is 0.0708. The van der Waals surface area contributed by atoms with Gasteiger partial charge in [-0.3, -0.25) is 14.8 Å². The number of nitrogens with one attached hydrogen (secondary N) is 2. The first kappa shape index (κ1) is 27.4. The molecule has 8 nitrogen and oxygen atoms in total. The molecule has 3 rings (SSSR count). The summed E-state index contributed by atoms with van der Waals surface area (Å²) < 4.78 is 0. The van der Waals surface area contributed by atoms with Gasteiger partial charge in [-0.05, 0) is 93.3 Å². The van der Waals surface area contributed by atoms with Crippen LogP contribution < -0.4 is 10.8 Å². The number of hydrogen-bond donors (Lipinski definition) is 4. The molecular weight excluding hydrogens is 436 g/mol. The van der Waals surface area contributed by atoms with Crippen LogP contribution in [0, 0.1) is 47.3 Å². The minimum Gasteiger partial charge on any atom is -0.481 e. The number of carboxylic acids is 1. The van der Waals surface area contributed by atoms with E-state index < -0.39 is 11.9 Å². The molecule has 6 atom stereocenters. The molecule has 0 aromatic heterocycles. The quantitative estimate of drug-likeness (QED) is 0.199. The number of amides is 1. The maximum Gasteiger partial charge on any atom is 0.307 e. The van der Waals surface area contributed by atoms with E-state index in [2.05, 4.69) is 29.5 Å². The molecule has 0 aromatic carbocycles. The van der Waals surface area contributed by atoms with Crippen molar-refractivity contribution in [1.29, 1.82) is 0 Å². The van der Waals surface area contributed by atoms with E-state index in [1.54, 1.807) is 0 Å². The van der Waals surface area contributed by atoms with Crippen LogP contribution in [0.5, 0.6) is 0 Å². The highest BCUT2D eigenvalue weighted by Gasteiger charge is 2.38. The number of aliphatic carboxylic acids is 1. The molecule has 3 saturated carbocycles. The van der Waals surface area contributed by atoms with Gasteiger partial charge in [0.2, 0.25) is 5.91 Å². The van der Waals surface area contributed by atoms with Crippen LogP contribution in [0.2, 0.25) is 0 Å². The summed E-state index contributed by atoms with van der Waals surface area (Å²) in [5.74, 6) is 1.02. The van der Waals surface area contributed by atoms with Crippen molar-refractivity contribution >= 4 is 11.9 Å². The van der Waals surface area contributed by atoms with E-state index in [0.717, 1.165) is 51.5 Å². The second kappa shape index (κ2) is 13.8. The molecular formula is C26H46N2O6. The van der Waals surface area contributed by atoms with Crippen molar-refractivity contribution in [3.8, 4) is 0 Å². The van der Waals surface area contributed by atoms with Crippen molar-refractivity contribution in [1.82, 2.24) is 10.8 Å². The van der Waals surface area contributed by atoms with Crippen LogP contribution in [0.1, 0.15) is 78.1 Å². The van der Waals surface area contributed by atoms with Crippen molar-refractivity contribution in [3.05, 3.63) is 0 Å². The van der Waals surface area contributed by atoms with Crippen molar-refractivity contribution in [2.45, 2.75) is 78.1 Å². The van der Waals surface area contributed by atoms with E-state index in [9.17, 15) is 14.7 Å². The average Bonchev–Trinajstić information content (AvgIpc) is 2.82. The number of carbonyl (C=O) groups is 2. The fourth-order valence-corrected chi connectivity index (χ4v) is 6.41. The van der Waals surface area contributed by atoms with Gasteiger partial charge in [-0.25, -0.2) is 10.4 Å². The van der Waals surface area contributed by atoms with E-state index in [0.29, 0.717) is 68.1 Å². The Kier molecular flexibility index (Phi) is 11.1. The summed E-state index contributed by atoms with van der Waals surface area (Å²) in [5.41, 5.74) is 3.17. The van der Waals surface area contributed by atoms with Gasteiger partial charge in [0.1, 0.15) is 0 Å². The molecule has 0 aromatic rings. The molecule has 6 unspecified atom stereocenters. The smallest absolute Gasteiger partial charge is 0.307 e.